The Balaban J connectivity index is 1.42. The van der Waals surface area contributed by atoms with Crippen molar-refractivity contribution in [2.24, 2.45) is 5.92 Å². The topological polar surface area (TPSA) is 66.3 Å². The van der Waals surface area contributed by atoms with E-state index < -0.39 is 0 Å². The van der Waals surface area contributed by atoms with Gasteiger partial charge in [0.05, 0.1) is 6.54 Å². The van der Waals surface area contributed by atoms with Crippen LogP contribution in [0.5, 0.6) is 0 Å². The van der Waals surface area contributed by atoms with E-state index in [2.05, 4.69) is 51.6 Å². The third-order valence-corrected chi connectivity index (χ3v) is 5.33. The fourth-order valence-corrected chi connectivity index (χ4v) is 3.57. The lowest BCUT2D eigenvalue weighted by Crippen LogP contribution is -2.40. The summed E-state index contributed by atoms with van der Waals surface area (Å²) in [6, 6.07) is 8.50. The summed E-state index contributed by atoms with van der Waals surface area (Å²) >= 11 is 0. The maximum Gasteiger partial charge on any atom is 0.317 e. The molecule has 2 aromatic rings. The van der Waals surface area contributed by atoms with Crippen molar-refractivity contribution in [2.75, 3.05) is 26.7 Å². The van der Waals surface area contributed by atoms with Gasteiger partial charge in [-0.1, -0.05) is 24.3 Å². The molecule has 1 aromatic carbocycles. The first kappa shape index (κ1) is 19.4. The quantitative estimate of drug-likeness (QED) is 0.812. The minimum atomic E-state index is -0.0574. The van der Waals surface area contributed by atoms with Gasteiger partial charge in [0, 0.05) is 33.2 Å². The van der Waals surface area contributed by atoms with Crippen LogP contribution in [0.1, 0.15) is 30.3 Å². The molecule has 2 heterocycles. The first-order chi connectivity index (χ1) is 13.1. The second-order valence-electron chi connectivity index (χ2n) is 7.39. The van der Waals surface area contributed by atoms with Crippen LogP contribution in [0, 0.1) is 12.8 Å². The zero-order chi connectivity index (χ0) is 19.2. The molecule has 0 spiro atoms. The number of aromatic nitrogens is 3. The first-order valence-electron chi connectivity index (χ1n) is 9.69. The number of nitrogens with zero attached hydrogens (tertiary/aromatic N) is 5. The summed E-state index contributed by atoms with van der Waals surface area (Å²) in [5.41, 5.74) is 2.73. The van der Waals surface area contributed by atoms with E-state index >= 15 is 0 Å². The average molecular weight is 371 g/mol. The number of carbonyl (C=O) groups excluding carboxylic acids is 1. The van der Waals surface area contributed by atoms with E-state index in [0.29, 0.717) is 19.0 Å². The van der Waals surface area contributed by atoms with E-state index in [0.717, 1.165) is 38.4 Å². The van der Waals surface area contributed by atoms with Gasteiger partial charge in [0.1, 0.15) is 6.33 Å². The number of aryl methyl sites for hydroxylation is 2. The molecule has 1 aliphatic heterocycles. The Morgan fingerprint density at radius 2 is 2.19 bits per heavy atom. The summed E-state index contributed by atoms with van der Waals surface area (Å²) in [6.45, 7) is 9.29. The van der Waals surface area contributed by atoms with Crippen molar-refractivity contribution in [1.82, 2.24) is 29.9 Å². The number of hydrogen-bond acceptors (Lipinski definition) is 4. The van der Waals surface area contributed by atoms with Gasteiger partial charge in [-0.05, 0) is 43.9 Å². The number of hydrogen-bond donors (Lipinski definition) is 1. The molecule has 3 rings (SSSR count). The Labute approximate surface area is 161 Å². The third kappa shape index (κ3) is 5.07. The molecule has 1 aromatic heterocycles. The number of benzene rings is 1. The number of carbonyl (C=O) groups is 1. The Morgan fingerprint density at radius 1 is 1.37 bits per heavy atom. The second kappa shape index (κ2) is 8.99. The Bertz CT molecular complexity index is 758. The summed E-state index contributed by atoms with van der Waals surface area (Å²) in [5, 5.41) is 11.1. The summed E-state index contributed by atoms with van der Waals surface area (Å²) in [6.07, 6.45) is 2.82. The molecular formula is C20H30N6O. The van der Waals surface area contributed by atoms with E-state index in [1.807, 2.05) is 11.5 Å². The van der Waals surface area contributed by atoms with E-state index in [4.69, 9.17) is 0 Å². The number of nitrogens with one attached hydrogen (secondary N) is 1. The van der Waals surface area contributed by atoms with Crippen molar-refractivity contribution in [1.29, 1.82) is 0 Å². The highest BCUT2D eigenvalue weighted by Gasteiger charge is 2.23. The van der Waals surface area contributed by atoms with Crippen LogP contribution in [0.15, 0.2) is 30.6 Å². The van der Waals surface area contributed by atoms with E-state index in [1.54, 1.807) is 18.3 Å². The van der Waals surface area contributed by atoms with Crippen molar-refractivity contribution >= 4 is 6.03 Å². The molecule has 1 aliphatic rings. The highest BCUT2D eigenvalue weighted by Crippen LogP contribution is 2.19. The van der Waals surface area contributed by atoms with Crippen molar-refractivity contribution in [3.8, 4) is 0 Å². The molecule has 0 bridgehead atoms. The number of rotatable bonds is 7. The highest BCUT2D eigenvalue weighted by molar-refractivity contribution is 5.73. The third-order valence-electron chi connectivity index (χ3n) is 5.33. The van der Waals surface area contributed by atoms with Gasteiger partial charge in [-0.3, -0.25) is 4.90 Å². The van der Waals surface area contributed by atoms with Crippen LogP contribution >= 0.6 is 0 Å². The van der Waals surface area contributed by atoms with Crippen molar-refractivity contribution in [3.63, 3.8) is 0 Å². The maximum absolute atomic E-state index is 12.4. The van der Waals surface area contributed by atoms with Crippen molar-refractivity contribution in [2.45, 2.75) is 39.9 Å². The van der Waals surface area contributed by atoms with Crippen LogP contribution in [0.4, 0.5) is 4.79 Å². The molecule has 1 atom stereocenters. The molecular weight excluding hydrogens is 340 g/mol. The minimum absolute atomic E-state index is 0.0574. The SMILES string of the molecule is CCn1cnnc1CN(C)C(=O)NC[C@H]1CCN(Cc2ccccc2C)C1. The zero-order valence-corrected chi connectivity index (χ0v) is 16.6. The van der Waals surface area contributed by atoms with Crippen molar-refractivity contribution in [3.05, 3.63) is 47.5 Å². The van der Waals surface area contributed by atoms with Crippen LogP contribution in [0.3, 0.4) is 0 Å². The first-order valence-corrected chi connectivity index (χ1v) is 9.69. The predicted octanol–water partition coefficient (Wildman–Crippen LogP) is 2.27. The molecule has 0 aliphatic carbocycles. The zero-order valence-electron chi connectivity index (χ0n) is 16.6. The van der Waals surface area contributed by atoms with Gasteiger partial charge in [-0.15, -0.1) is 10.2 Å². The van der Waals surface area contributed by atoms with Gasteiger partial charge in [-0.2, -0.15) is 0 Å². The summed E-state index contributed by atoms with van der Waals surface area (Å²) in [7, 11) is 1.79. The number of amides is 2. The lowest BCUT2D eigenvalue weighted by molar-refractivity contribution is 0.203. The lowest BCUT2D eigenvalue weighted by atomic mass is 10.1. The normalized spacial score (nSPS) is 17.2. The molecule has 0 saturated carbocycles. The Morgan fingerprint density at radius 3 is 2.96 bits per heavy atom. The summed E-state index contributed by atoms with van der Waals surface area (Å²) in [4.78, 5) is 16.5. The van der Waals surface area contributed by atoms with Crippen LogP contribution in [-0.2, 0) is 19.6 Å². The van der Waals surface area contributed by atoms with Crippen LogP contribution in [0.2, 0.25) is 0 Å². The fourth-order valence-electron chi connectivity index (χ4n) is 3.57. The summed E-state index contributed by atoms with van der Waals surface area (Å²) in [5.74, 6) is 1.31. The smallest absolute Gasteiger partial charge is 0.317 e. The molecule has 146 valence electrons. The molecule has 1 N–H and O–H groups in total. The lowest BCUT2D eigenvalue weighted by Gasteiger charge is -2.20. The molecule has 1 saturated heterocycles. The molecule has 27 heavy (non-hydrogen) atoms. The van der Waals surface area contributed by atoms with Gasteiger partial charge in [0.15, 0.2) is 5.82 Å². The molecule has 0 radical (unpaired) electrons. The highest BCUT2D eigenvalue weighted by atomic mass is 16.2. The average Bonchev–Trinajstić information content (AvgIpc) is 3.30. The Hall–Kier alpha value is -2.41. The molecule has 7 nitrogen and oxygen atoms in total. The summed E-state index contributed by atoms with van der Waals surface area (Å²) < 4.78 is 1.95. The van der Waals surface area contributed by atoms with Gasteiger partial charge >= 0.3 is 6.03 Å². The van der Waals surface area contributed by atoms with Crippen LogP contribution < -0.4 is 5.32 Å². The van der Waals surface area contributed by atoms with E-state index in [1.165, 1.54) is 11.1 Å². The predicted molar refractivity (Wildman–Crippen MR) is 105 cm³/mol. The van der Waals surface area contributed by atoms with Gasteiger partial charge in [-0.25, -0.2) is 4.79 Å². The maximum atomic E-state index is 12.4. The number of urea groups is 1. The Kier molecular flexibility index (Phi) is 6.45. The second-order valence-corrected chi connectivity index (χ2v) is 7.39. The number of likely N-dealkylation sites (tertiary alicyclic amines) is 1. The molecule has 1 fully saturated rings. The van der Waals surface area contributed by atoms with E-state index in [-0.39, 0.29) is 6.03 Å². The van der Waals surface area contributed by atoms with Gasteiger partial charge in [0.25, 0.3) is 0 Å². The minimum Gasteiger partial charge on any atom is -0.338 e. The van der Waals surface area contributed by atoms with Crippen LogP contribution in [-0.4, -0.2) is 57.3 Å². The van der Waals surface area contributed by atoms with Gasteiger partial charge < -0.3 is 14.8 Å². The monoisotopic (exact) mass is 370 g/mol. The standard InChI is InChI=1S/C20H30N6O/c1-4-26-15-22-23-19(26)14-24(3)20(27)21-11-17-9-10-25(12-17)13-18-8-6-5-7-16(18)2/h5-8,15,17H,4,9-14H2,1-3H3,(H,21,27)/t17-/m1/s1. The van der Waals surface area contributed by atoms with Crippen LogP contribution in [0.25, 0.3) is 0 Å². The van der Waals surface area contributed by atoms with Crippen molar-refractivity contribution < 1.29 is 4.79 Å². The van der Waals surface area contributed by atoms with E-state index in [9.17, 15) is 4.79 Å². The molecule has 2 amide bonds. The molecule has 7 heteroatoms. The fraction of sp³-hybridized carbons (Fsp3) is 0.550. The molecule has 0 unspecified atom stereocenters. The van der Waals surface area contributed by atoms with Gasteiger partial charge in [0.2, 0.25) is 0 Å². The largest absolute Gasteiger partial charge is 0.338 e.